The normalized spacial score (nSPS) is 12.8. The van der Waals surface area contributed by atoms with Gasteiger partial charge in [-0.1, -0.05) is 19.8 Å². The van der Waals surface area contributed by atoms with E-state index in [1.807, 2.05) is 29.2 Å². The monoisotopic (exact) mass is 166 g/mol. The Morgan fingerprint density at radius 3 is 2.58 bits per heavy atom. The number of hydrogen-bond donors (Lipinski definition) is 1. The van der Waals surface area contributed by atoms with Crippen LogP contribution in [-0.4, -0.2) is 10.7 Å². The second-order valence-corrected chi connectivity index (χ2v) is 3.26. The first-order chi connectivity index (χ1) is 5.83. The molecular formula is C10H18N2. The molecular weight excluding hydrogens is 148 g/mol. The third-order valence-corrected chi connectivity index (χ3v) is 1.96. The van der Waals surface area contributed by atoms with Crippen LogP contribution in [0.2, 0.25) is 0 Å². The summed E-state index contributed by atoms with van der Waals surface area (Å²) < 4.78 is 2.01. The minimum Gasteiger partial charge on any atom is -0.324 e. The lowest BCUT2D eigenvalue weighted by atomic mass is 10.1. The Labute approximate surface area is 74.6 Å². The second kappa shape index (κ2) is 4.86. The molecule has 0 aromatic carbocycles. The molecule has 1 N–H and O–H groups in total. The van der Waals surface area contributed by atoms with Crippen molar-refractivity contribution in [3.8, 4) is 0 Å². The summed E-state index contributed by atoms with van der Waals surface area (Å²) in [4.78, 5) is 0. The largest absolute Gasteiger partial charge is 0.324 e. The van der Waals surface area contributed by atoms with Gasteiger partial charge in [-0.25, -0.2) is 0 Å². The van der Waals surface area contributed by atoms with Crippen LogP contribution in [0.1, 0.15) is 33.1 Å². The van der Waals surface area contributed by atoms with E-state index in [4.69, 9.17) is 0 Å². The Kier molecular flexibility index (Phi) is 3.71. The summed E-state index contributed by atoms with van der Waals surface area (Å²) in [6.45, 7) is 4.44. The SMILES string of the molecule is CCCCC(C)Nn1cccc1. The van der Waals surface area contributed by atoms with Crippen molar-refractivity contribution < 1.29 is 0 Å². The summed E-state index contributed by atoms with van der Waals surface area (Å²) in [6.07, 6.45) is 7.88. The molecule has 1 aromatic heterocycles. The number of nitrogens with zero attached hydrogens (tertiary/aromatic N) is 1. The molecule has 0 aliphatic rings. The van der Waals surface area contributed by atoms with Crippen molar-refractivity contribution in [2.24, 2.45) is 0 Å². The van der Waals surface area contributed by atoms with Crippen molar-refractivity contribution in [3.05, 3.63) is 24.5 Å². The summed E-state index contributed by atoms with van der Waals surface area (Å²) in [5.74, 6) is 0. The van der Waals surface area contributed by atoms with Crippen LogP contribution >= 0.6 is 0 Å². The quantitative estimate of drug-likeness (QED) is 0.711. The van der Waals surface area contributed by atoms with Crippen LogP contribution in [-0.2, 0) is 0 Å². The van der Waals surface area contributed by atoms with E-state index in [9.17, 15) is 0 Å². The van der Waals surface area contributed by atoms with Gasteiger partial charge in [-0.3, -0.25) is 4.68 Å². The molecule has 0 spiro atoms. The lowest BCUT2D eigenvalue weighted by molar-refractivity contribution is 0.596. The van der Waals surface area contributed by atoms with E-state index >= 15 is 0 Å². The lowest BCUT2D eigenvalue weighted by Gasteiger charge is -2.15. The molecule has 1 unspecified atom stereocenters. The average Bonchev–Trinajstić information content (AvgIpc) is 2.53. The van der Waals surface area contributed by atoms with Gasteiger partial charge in [-0.05, 0) is 25.5 Å². The number of aromatic nitrogens is 1. The van der Waals surface area contributed by atoms with Gasteiger partial charge in [0.05, 0.1) is 0 Å². The first kappa shape index (κ1) is 9.17. The van der Waals surface area contributed by atoms with Gasteiger partial charge in [-0.15, -0.1) is 0 Å². The molecule has 0 radical (unpaired) electrons. The van der Waals surface area contributed by atoms with Crippen molar-refractivity contribution in [1.29, 1.82) is 0 Å². The van der Waals surface area contributed by atoms with Gasteiger partial charge >= 0.3 is 0 Å². The summed E-state index contributed by atoms with van der Waals surface area (Å²) in [7, 11) is 0. The first-order valence-corrected chi connectivity index (χ1v) is 4.72. The van der Waals surface area contributed by atoms with Gasteiger partial charge in [0.25, 0.3) is 0 Å². The van der Waals surface area contributed by atoms with Gasteiger partial charge in [0.15, 0.2) is 0 Å². The van der Waals surface area contributed by atoms with Crippen LogP contribution < -0.4 is 5.43 Å². The van der Waals surface area contributed by atoms with Crippen molar-refractivity contribution in [2.75, 3.05) is 5.43 Å². The molecule has 12 heavy (non-hydrogen) atoms. The molecule has 1 heterocycles. The molecule has 0 saturated carbocycles. The minimum absolute atomic E-state index is 0.567. The fourth-order valence-corrected chi connectivity index (χ4v) is 1.25. The van der Waals surface area contributed by atoms with Gasteiger partial charge in [0.2, 0.25) is 0 Å². The number of unbranched alkanes of at least 4 members (excludes halogenated alkanes) is 1. The van der Waals surface area contributed by atoms with E-state index in [0.29, 0.717) is 6.04 Å². The zero-order chi connectivity index (χ0) is 8.81. The molecule has 0 saturated heterocycles. The van der Waals surface area contributed by atoms with E-state index in [0.717, 1.165) is 0 Å². The summed E-state index contributed by atoms with van der Waals surface area (Å²) >= 11 is 0. The van der Waals surface area contributed by atoms with E-state index in [1.165, 1.54) is 19.3 Å². The highest BCUT2D eigenvalue weighted by Gasteiger charge is 1.98. The fraction of sp³-hybridized carbons (Fsp3) is 0.600. The molecule has 68 valence electrons. The van der Waals surface area contributed by atoms with E-state index in [-0.39, 0.29) is 0 Å². The number of rotatable bonds is 5. The van der Waals surface area contributed by atoms with Crippen LogP contribution in [0.15, 0.2) is 24.5 Å². The Balaban J connectivity index is 2.22. The zero-order valence-electron chi connectivity index (χ0n) is 7.96. The predicted octanol–water partition coefficient (Wildman–Crippen LogP) is 2.61. The van der Waals surface area contributed by atoms with Gasteiger partial charge < -0.3 is 5.43 Å². The van der Waals surface area contributed by atoms with Crippen LogP contribution in [0.25, 0.3) is 0 Å². The van der Waals surface area contributed by atoms with Gasteiger partial charge in [0.1, 0.15) is 0 Å². The highest BCUT2D eigenvalue weighted by molar-refractivity contribution is 4.94. The fourth-order valence-electron chi connectivity index (χ4n) is 1.25. The average molecular weight is 166 g/mol. The number of nitrogens with one attached hydrogen (secondary N) is 1. The van der Waals surface area contributed by atoms with Crippen molar-refractivity contribution in [2.45, 2.75) is 39.2 Å². The molecule has 2 heteroatoms. The predicted molar refractivity (Wildman–Crippen MR) is 52.8 cm³/mol. The number of hydrogen-bond acceptors (Lipinski definition) is 1. The highest BCUT2D eigenvalue weighted by atomic mass is 15.4. The summed E-state index contributed by atoms with van der Waals surface area (Å²) in [5.41, 5.74) is 3.37. The molecule has 1 atom stereocenters. The Morgan fingerprint density at radius 1 is 1.33 bits per heavy atom. The summed E-state index contributed by atoms with van der Waals surface area (Å²) in [5, 5.41) is 0. The second-order valence-electron chi connectivity index (χ2n) is 3.26. The maximum Gasteiger partial charge on any atom is 0.0396 e. The standard InChI is InChI=1S/C10H18N2/c1-3-4-7-10(2)11-12-8-5-6-9-12/h5-6,8-11H,3-4,7H2,1-2H3. The molecule has 0 bridgehead atoms. The molecule has 1 rings (SSSR count). The van der Waals surface area contributed by atoms with Crippen LogP contribution in [0.5, 0.6) is 0 Å². The topological polar surface area (TPSA) is 17.0 Å². The Bertz CT molecular complexity index is 192. The zero-order valence-corrected chi connectivity index (χ0v) is 7.96. The molecule has 0 fully saturated rings. The van der Waals surface area contributed by atoms with Gasteiger partial charge in [0, 0.05) is 18.4 Å². The van der Waals surface area contributed by atoms with Crippen molar-refractivity contribution in [3.63, 3.8) is 0 Å². The maximum absolute atomic E-state index is 3.37. The Hall–Kier alpha value is -0.920. The molecule has 0 aliphatic heterocycles. The van der Waals surface area contributed by atoms with Gasteiger partial charge in [-0.2, -0.15) is 0 Å². The third kappa shape index (κ3) is 2.99. The van der Waals surface area contributed by atoms with Crippen molar-refractivity contribution in [1.82, 2.24) is 4.68 Å². The Morgan fingerprint density at radius 2 is 2.00 bits per heavy atom. The smallest absolute Gasteiger partial charge is 0.0396 e. The van der Waals surface area contributed by atoms with Crippen LogP contribution in [0.3, 0.4) is 0 Å². The minimum atomic E-state index is 0.567. The third-order valence-electron chi connectivity index (χ3n) is 1.96. The van der Waals surface area contributed by atoms with E-state index in [1.54, 1.807) is 0 Å². The first-order valence-electron chi connectivity index (χ1n) is 4.72. The molecule has 0 aliphatic carbocycles. The lowest BCUT2D eigenvalue weighted by Crippen LogP contribution is -2.23. The summed E-state index contributed by atoms with van der Waals surface area (Å²) in [6, 6.07) is 4.62. The van der Waals surface area contributed by atoms with E-state index in [2.05, 4.69) is 19.3 Å². The molecule has 0 amide bonds. The van der Waals surface area contributed by atoms with Crippen molar-refractivity contribution >= 4 is 0 Å². The van der Waals surface area contributed by atoms with E-state index < -0.39 is 0 Å². The van der Waals surface area contributed by atoms with Crippen LogP contribution in [0.4, 0.5) is 0 Å². The van der Waals surface area contributed by atoms with Crippen LogP contribution in [0, 0.1) is 0 Å². The highest BCUT2D eigenvalue weighted by Crippen LogP contribution is 2.00. The maximum atomic E-state index is 3.37. The molecule has 2 nitrogen and oxygen atoms in total. The molecule has 1 aromatic rings.